The van der Waals surface area contributed by atoms with E-state index < -0.39 is 0 Å². The van der Waals surface area contributed by atoms with Crippen LogP contribution >= 0.6 is 39.0 Å². The van der Waals surface area contributed by atoms with Crippen LogP contribution in [0.4, 0.5) is 10.8 Å². The molecule has 1 aromatic heterocycles. The minimum atomic E-state index is -0.240. The molecule has 0 aliphatic carbocycles. The van der Waals surface area contributed by atoms with Gasteiger partial charge in [0.25, 0.3) is 0 Å². The molecular weight excluding hydrogens is 372 g/mol. The fraction of sp³-hybridized carbons (Fsp3) is 0.308. The summed E-state index contributed by atoms with van der Waals surface area (Å²) in [5.74, 6) is -0.0532. The van der Waals surface area contributed by atoms with Crippen LogP contribution in [0.25, 0.3) is 0 Å². The van der Waals surface area contributed by atoms with E-state index in [0.29, 0.717) is 0 Å². The zero-order valence-electron chi connectivity index (χ0n) is 11.6. The second kappa shape index (κ2) is 7.77. The Balaban J connectivity index is 1.90. The first-order valence-electron chi connectivity index (χ1n) is 6.39. The number of thioether (sulfide) groups is 1. The van der Waals surface area contributed by atoms with Crippen molar-refractivity contribution in [2.75, 3.05) is 17.2 Å². The Kier molecular flexibility index (Phi) is 6.01. The zero-order chi connectivity index (χ0) is 15.2. The molecule has 0 saturated carbocycles. The Hall–Kier alpha value is -1.12. The third-order valence-electron chi connectivity index (χ3n) is 2.49. The van der Waals surface area contributed by atoms with Crippen molar-refractivity contribution in [2.45, 2.75) is 23.4 Å². The predicted molar refractivity (Wildman–Crippen MR) is 92.2 cm³/mol. The summed E-state index contributed by atoms with van der Waals surface area (Å²) in [7, 11) is 0. The van der Waals surface area contributed by atoms with Gasteiger partial charge in [0, 0.05) is 16.7 Å². The van der Waals surface area contributed by atoms with Crippen molar-refractivity contribution in [1.29, 1.82) is 0 Å². The minimum Gasteiger partial charge on any atom is -0.360 e. The molecule has 1 unspecified atom stereocenters. The number of carbonyl (C=O) groups is 1. The molecule has 1 atom stereocenters. The van der Waals surface area contributed by atoms with Gasteiger partial charge in [-0.2, -0.15) is 0 Å². The number of aromatic nitrogens is 2. The van der Waals surface area contributed by atoms with Gasteiger partial charge in [-0.05, 0) is 38.1 Å². The zero-order valence-corrected chi connectivity index (χ0v) is 14.8. The molecule has 0 fully saturated rings. The average molecular weight is 387 g/mol. The van der Waals surface area contributed by atoms with Gasteiger partial charge in [0.15, 0.2) is 4.34 Å². The number of rotatable bonds is 6. The van der Waals surface area contributed by atoms with Crippen molar-refractivity contribution in [1.82, 2.24) is 10.2 Å². The van der Waals surface area contributed by atoms with Gasteiger partial charge in [-0.3, -0.25) is 4.79 Å². The van der Waals surface area contributed by atoms with Crippen molar-refractivity contribution in [3.8, 4) is 0 Å². The molecule has 2 aromatic rings. The molecule has 5 nitrogen and oxygen atoms in total. The summed E-state index contributed by atoms with van der Waals surface area (Å²) in [5, 5.41) is 14.6. The predicted octanol–water partition coefficient (Wildman–Crippen LogP) is 3.85. The number of hydrogen-bond acceptors (Lipinski definition) is 6. The van der Waals surface area contributed by atoms with Crippen molar-refractivity contribution in [3.63, 3.8) is 0 Å². The summed E-state index contributed by atoms with van der Waals surface area (Å²) in [6, 6.07) is 7.49. The van der Waals surface area contributed by atoms with Crippen molar-refractivity contribution in [2.24, 2.45) is 0 Å². The summed E-state index contributed by atoms with van der Waals surface area (Å²) in [5.41, 5.74) is 0.779. The summed E-state index contributed by atoms with van der Waals surface area (Å²) >= 11 is 6.22. The fourth-order valence-electron chi connectivity index (χ4n) is 1.46. The highest BCUT2D eigenvalue weighted by atomic mass is 79.9. The van der Waals surface area contributed by atoms with Gasteiger partial charge in [-0.25, -0.2) is 0 Å². The van der Waals surface area contributed by atoms with Crippen LogP contribution in [0.15, 0.2) is 33.1 Å². The van der Waals surface area contributed by atoms with E-state index in [1.807, 2.05) is 38.1 Å². The van der Waals surface area contributed by atoms with Crippen LogP contribution in [0.2, 0.25) is 0 Å². The Bertz CT molecular complexity index is 602. The Morgan fingerprint density at radius 3 is 2.76 bits per heavy atom. The molecule has 0 aliphatic heterocycles. The molecule has 112 valence electrons. The van der Waals surface area contributed by atoms with E-state index in [0.717, 1.165) is 26.2 Å². The number of halogens is 1. The first-order chi connectivity index (χ1) is 10.1. The van der Waals surface area contributed by atoms with E-state index in [-0.39, 0.29) is 11.2 Å². The first kappa shape index (κ1) is 16.3. The largest absolute Gasteiger partial charge is 0.360 e. The maximum atomic E-state index is 12.1. The van der Waals surface area contributed by atoms with E-state index in [4.69, 9.17) is 0 Å². The van der Waals surface area contributed by atoms with Crippen LogP contribution in [0.3, 0.4) is 0 Å². The second-order valence-electron chi connectivity index (χ2n) is 4.16. The molecule has 0 bridgehead atoms. The molecule has 1 amide bonds. The number of anilines is 2. The highest BCUT2D eigenvalue weighted by Crippen LogP contribution is 2.29. The number of carbonyl (C=O) groups excluding carboxylic acids is 1. The van der Waals surface area contributed by atoms with E-state index in [9.17, 15) is 4.79 Å². The molecule has 0 aliphatic rings. The maximum absolute atomic E-state index is 12.1. The van der Waals surface area contributed by atoms with Gasteiger partial charge in [0.2, 0.25) is 11.0 Å². The summed E-state index contributed by atoms with van der Waals surface area (Å²) in [4.78, 5) is 12.1. The van der Waals surface area contributed by atoms with Crippen molar-refractivity contribution >= 4 is 55.8 Å². The molecule has 1 heterocycles. The molecule has 0 radical (unpaired) electrons. The van der Waals surface area contributed by atoms with Crippen LogP contribution < -0.4 is 10.6 Å². The lowest BCUT2D eigenvalue weighted by Crippen LogP contribution is -2.22. The molecule has 2 N–H and O–H groups in total. The molecule has 0 spiro atoms. The number of benzene rings is 1. The van der Waals surface area contributed by atoms with Crippen LogP contribution in [0, 0.1) is 0 Å². The second-order valence-corrected chi connectivity index (χ2v) is 7.64. The van der Waals surface area contributed by atoms with Crippen LogP contribution in [-0.4, -0.2) is 27.9 Å². The third kappa shape index (κ3) is 4.98. The summed E-state index contributed by atoms with van der Waals surface area (Å²) < 4.78 is 1.76. The molecule has 8 heteroatoms. The summed E-state index contributed by atoms with van der Waals surface area (Å²) in [6.07, 6.45) is 0. The number of hydrogen-bond donors (Lipinski definition) is 2. The highest BCUT2D eigenvalue weighted by molar-refractivity contribution is 9.10. The third-order valence-corrected chi connectivity index (χ3v) is 5.09. The van der Waals surface area contributed by atoms with Gasteiger partial charge in [-0.15, -0.1) is 10.2 Å². The molecule has 1 aromatic carbocycles. The minimum absolute atomic E-state index is 0.0532. The first-order valence-corrected chi connectivity index (χ1v) is 8.88. The standard InChI is InChI=1S/C13H15BrN4OS2/c1-3-15-12-17-18-13(21-12)20-8(2)11(19)16-10-6-4-9(14)5-7-10/h4-8H,3H2,1-2H3,(H,15,17)(H,16,19). The lowest BCUT2D eigenvalue weighted by molar-refractivity contribution is -0.115. The molecule has 21 heavy (non-hydrogen) atoms. The molecule has 0 saturated heterocycles. The topological polar surface area (TPSA) is 66.9 Å². The van der Waals surface area contributed by atoms with Crippen LogP contribution in [0.5, 0.6) is 0 Å². The normalized spacial score (nSPS) is 12.0. The number of amides is 1. The van der Waals surface area contributed by atoms with Gasteiger partial charge in [0.05, 0.1) is 5.25 Å². The van der Waals surface area contributed by atoms with Crippen LogP contribution in [-0.2, 0) is 4.79 Å². The lowest BCUT2D eigenvalue weighted by atomic mass is 10.3. The molecule has 2 rings (SSSR count). The van der Waals surface area contributed by atoms with Gasteiger partial charge < -0.3 is 10.6 Å². The van der Waals surface area contributed by atoms with E-state index in [1.54, 1.807) is 0 Å². The van der Waals surface area contributed by atoms with Crippen LogP contribution in [0.1, 0.15) is 13.8 Å². The van der Waals surface area contributed by atoms with E-state index in [2.05, 4.69) is 36.8 Å². The van der Waals surface area contributed by atoms with Gasteiger partial charge in [0.1, 0.15) is 0 Å². The van der Waals surface area contributed by atoms with Gasteiger partial charge >= 0.3 is 0 Å². The monoisotopic (exact) mass is 386 g/mol. The van der Waals surface area contributed by atoms with E-state index in [1.165, 1.54) is 23.1 Å². The van der Waals surface area contributed by atoms with E-state index >= 15 is 0 Å². The number of nitrogens with one attached hydrogen (secondary N) is 2. The Labute approximate surface area is 140 Å². The average Bonchev–Trinajstić information content (AvgIpc) is 2.89. The van der Waals surface area contributed by atoms with Crippen molar-refractivity contribution in [3.05, 3.63) is 28.7 Å². The Morgan fingerprint density at radius 1 is 1.38 bits per heavy atom. The highest BCUT2D eigenvalue weighted by Gasteiger charge is 2.17. The smallest absolute Gasteiger partial charge is 0.237 e. The van der Waals surface area contributed by atoms with Crippen molar-refractivity contribution < 1.29 is 4.79 Å². The molecular formula is C13H15BrN4OS2. The quantitative estimate of drug-likeness (QED) is 0.737. The fourth-order valence-corrected chi connectivity index (χ4v) is 3.69. The summed E-state index contributed by atoms with van der Waals surface area (Å²) in [6.45, 7) is 4.66. The lowest BCUT2D eigenvalue weighted by Gasteiger charge is -2.10. The Morgan fingerprint density at radius 2 is 2.10 bits per heavy atom. The van der Waals surface area contributed by atoms with Gasteiger partial charge in [-0.1, -0.05) is 39.0 Å². The SMILES string of the molecule is CCNc1nnc(SC(C)C(=O)Nc2ccc(Br)cc2)s1. The maximum Gasteiger partial charge on any atom is 0.237 e. The number of nitrogens with zero attached hydrogens (tertiary/aromatic N) is 2.